The maximum absolute atomic E-state index is 5.19. The Hall–Kier alpha value is 0.415. The molecule has 0 spiro atoms. The van der Waals surface area contributed by atoms with Gasteiger partial charge in [-0.25, -0.2) is 0 Å². The van der Waals surface area contributed by atoms with E-state index in [4.69, 9.17) is 7.85 Å². The van der Waals surface area contributed by atoms with Crippen molar-refractivity contribution in [2.24, 2.45) is 0 Å². The summed E-state index contributed by atoms with van der Waals surface area (Å²) < 4.78 is 0. The van der Waals surface area contributed by atoms with Gasteiger partial charge in [0.2, 0.25) is 0 Å². The van der Waals surface area contributed by atoms with Crippen LogP contribution < -0.4 is 0 Å². The summed E-state index contributed by atoms with van der Waals surface area (Å²) in [7, 11) is 5.19. The molecule has 0 amide bonds. The molecular weight excluding hydrogens is 66.9 g/mol. The fraction of sp³-hybridized carbons (Fsp3) is 1.00. The highest BCUT2D eigenvalue weighted by Crippen LogP contribution is 2.25. The van der Waals surface area contributed by atoms with Gasteiger partial charge < -0.3 is 0 Å². The predicted molar refractivity (Wildman–Crippen MR) is 22.0 cm³/mol. The largest absolute Gasteiger partial charge is 0.167 e. The SMILES string of the molecule is [B]C1CS1. The Labute approximate surface area is 31.4 Å². The van der Waals surface area contributed by atoms with Crippen molar-refractivity contribution in [2.75, 3.05) is 5.75 Å². The Morgan fingerprint density at radius 3 is 2.25 bits per heavy atom. The zero-order valence-corrected chi connectivity index (χ0v) is 3.09. The van der Waals surface area contributed by atoms with Crippen molar-refractivity contribution in [3.05, 3.63) is 0 Å². The first kappa shape index (κ1) is 2.64. The van der Waals surface area contributed by atoms with Crippen molar-refractivity contribution in [3.63, 3.8) is 0 Å². The van der Waals surface area contributed by atoms with Crippen LogP contribution in [0, 0.1) is 0 Å². The summed E-state index contributed by atoms with van der Waals surface area (Å²) in [5, 5.41) is 0.500. The summed E-state index contributed by atoms with van der Waals surface area (Å²) >= 11 is 1.80. The molecule has 0 bridgehead atoms. The van der Waals surface area contributed by atoms with Crippen LogP contribution in [0.25, 0.3) is 0 Å². The van der Waals surface area contributed by atoms with Crippen LogP contribution in [-0.2, 0) is 0 Å². The summed E-state index contributed by atoms with van der Waals surface area (Å²) in [6.45, 7) is 0. The molecule has 2 radical (unpaired) electrons. The zero-order valence-electron chi connectivity index (χ0n) is 2.27. The van der Waals surface area contributed by atoms with Crippen LogP contribution in [0.3, 0.4) is 0 Å². The summed E-state index contributed by atoms with van der Waals surface area (Å²) in [5.74, 6) is 1.18. The second-order valence-electron chi connectivity index (χ2n) is 0.872. The Morgan fingerprint density at radius 1 is 2.00 bits per heavy atom. The lowest BCUT2D eigenvalue weighted by Crippen LogP contribution is -1.70. The summed E-state index contributed by atoms with van der Waals surface area (Å²) in [4.78, 5) is 0. The molecule has 2 heteroatoms. The fourth-order valence-electron chi connectivity index (χ4n) is 0.0556. The van der Waals surface area contributed by atoms with Gasteiger partial charge in [-0.2, -0.15) is 11.8 Å². The summed E-state index contributed by atoms with van der Waals surface area (Å²) in [6.07, 6.45) is 0. The molecule has 0 aromatic rings. The molecule has 1 fully saturated rings. The van der Waals surface area contributed by atoms with Crippen LogP contribution in [0.2, 0.25) is 0 Å². The quantitative estimate of drug-likeness (QED) is 0.290. The lowest BCUT2D eigenvalue weighted by Gasteiger charge is -1.49. The van der Waals surface area contributed by atoms with Crippen molar-refractivity contribution in [1.29, 1.82) is 0 Å². The molecule has 1 heterocycles. The van der Waals surface area contributed by atoms with E-state index in [1.807, 2.05) is 0 Å². The third-order valence-electron chi connectivity index (χ3n) is 0.359. The van der Waals surface area contributed by atoms with Gasteiger partial charge in [-0.3, -0.25) is 0 Å². The van der Waals surface area contributed by atoms with E-state index in [2.05, 4.69) is 0 Å². The van der Waals surface area contributed by atoms with E-state index in [1.165, 1.54) is 5.75 Å². The van der Waals surface area contributed by atoms with E-state index in [9.17, 15) is 0 Å². The second kappa shape index (κ2) is 0.679. The fourth-order valence-corrected chi connectivity index (χ4v) is 0.167. The van der Waals surface area contributed by atoms with Gasteiger partial charge >= 0.3 is 0 Å². The summed E-state index contributed by atoms with van der Waals surface area (Å²) in [6, 6.07) is 0. The molecule has 20 valence electrons. The first-order valence-electron chi connectivity index (χ1n) is 1.27. The highest BCUT2D eigenvalue weighted by Gasteiger charge is 2.12. The molecule has 0 aliphatic carbocycles. The first-order chi connectivity index (χ1) is 1.89. The van der Waals surface area contributed by atoms with Crippen LogP contribution in [0.4, 0.5) is 0 Å². The van der Waals surface area contributed by atoms with Crippen molar-refractivity contribution < 1.29 is 0 Å². The minimum Gasteiger partial charge on any atom is -0.167 e. The molecule has 1 rings (SSSR count). The molecule has 0 N–H and O–H groups in total. The summed E-state index contributed by atoms with van der Waals surface area (Å²) in [5.41, 5.74) is 0. The van der Waals surface area contributed by atoms with E-state index in [-0.39, 0.29) is 0 Å². The van der Waals surface area contributed by atoms with E-state index < -0.39 is 0 Å². The van der Waals surface area contributed by atoms with Crippen molar-refractivity contribution in [1.82, 2.24) is 0 Å². The van der Waals surface area contributed by atoms with Gasteiger partial charge in [0.15, 0.2) is 0 Å². The lowest BCUT2D eigenvalue weighted by atomic mass is 10.1. The van der Waals surface area contributed by atoms with E-state index in [1.54, 1.807) is 11.8 Å². The monoisotopic (exact) mass is 70.0 g/mol. The van der Waals surface area contributed by atoms with Gasteiger partial charge in [0.25, 0.3) is 0 Å². The Kier molecular flexibility index (Phi) is 0.449. The Balaban J connectivity index is 2.17. The lowest BCUT2D eigenvalue weighted by molar-refractivity contribution is 1.61. The van der Waals surface area contributed by atoms with Crippen molar-refractivity contribution >= 4 is 19.6 Å². The molecule has 1 aliphatic heterocycles. The standard InChI is InChI=1S/C2H3BS/c3-2-1-4-2/h2H,1H2. The Morgan fingerprint density at radius 2 is 2.25 bits per heavy atom. The topological polar surface area (TPSA) is 0 Å². The van der Waals surface area contributed by atoms with E-state index in [0.717, 1.165) is 0 Å². The second-order valence-corrected chi connectivity index (χ2v) is 2.14. The molecule has 1 unspecified atom stereocenters. The number of hydrogen-bond donors (Lipinski definition) is 0. The minimum absolute atomic E-state index is 0.500. The smallest absolute Gasteiger partial charge is 0.0857 e. The van der Waals surface area contributed by atoms with Crippen LogP contribution in [0.1, 0.15) is 0 Å². The Bertz CT molecular complexity index is 25.2. The molecule has 0 saturated carbocycles. The predicted octanol–water partition coefficient (Wildman–Crippen LogP) is 0.228. The maximum atomic E-state index is 5.19. The third kappa shape index (κ3) is 0.415. The number of hydrogen-bond acceptors (Lipinski definition) is 1. The molecule has 0 aromatic heterocycles. The average molecular weight is 69.9 g/mol. The van der Waals surface area contributed by atoms with Gasteiger partial charge in [-0.15, -0.1) is 0 Å². The van der Waals surface area contributed by atoms with E-state index >= 15 is 0 Å². The van der Waals surface area contributed by atoms with Crippen LogP contribution in [0.15, 0.2) is 0 Å². The van der Waals surface area contributed by atoms with Gasteiger partial charge in [0, 0.05) is 0 Å². The van der Waals surface area contributed by atoms with Gasteiger partial charge in [0.1, 0.15) is 0 Å². The van der Waals surface area contributed by atoms with Crippen molar-refractivity contribution in [3.8, 4) is 0 Å². The highest BCUT2D eigenvalue weighted by atomic mass is 32.2. The van der Waals surface area contributed by atoms with Gasteiger partial charge in [-0.05, 0) is 10.9 Å². The van der Waals surface area contributed by atoms with Crippen molar-refractivity contribution in [2.45, 2.75) is 5.15 Å². The number of thioether (sulfide) groups is 1. The van der Waals surface area contributed by atoms with Crippen LogP contribution in [0.5, 0.6) is 0 Å². The molecule has 0 nitrogen and oxygen atoms in total. The van der Waals surface area contributed by atoms with Crippen LogP contribution in [-0.4, -0.2) is 18.7 Å². The van der Waals surface area contributed by atoms with Gasteiger partial charge in [0.05, 0.1) is 7.85 Å². The molecule has 0 aromatic carbocycles. The average Bonchev–Trinajstić information content (AvgIpc) is 1.75. The van der Waals surface area contributed by atoms with E-state index in [0.29, 0.717) is 5.15 Å². The molecule has 1 aliphatic rings. The molecule has 4 heavy (non-hydrogen) atoms. The first-order valence-corrected chi connectivity index (χ1v) is 2.31. The number of rotatable bonds is 0. The van der Waals surface area contributed by atoms with Crippen LogP contribution >= 0.6 is 11.8 Å². The maximum Gasteiger partial charge on any atom is 0.0857 e. The zero-order chi connectivity index (χ0) is 2.99. The van der Waals surface area contributed by atoms with Gasteiger partial charge in [-0.1, -0.05) is 0 Å². The molecule has 1 atom stereocenters. The molecular formula is C2H3BS. The minimum atomic E-state index is 0.500. The highest BCUT2D eigenvalue weighted by molar-refractivity contribution is 8.08. The molecule has 1 saturated heterocycles. The third-order valence-corrected chi connectivity index (χ3v) is 1.08. The normalized spacial score (nSPS) is 39.5.